The quantitative estimate of drug-likeness (QED) is 0.615. The summed E-state index contributed by atoms with van der Waals surface area (Å²) in [4.78, 5) is 30.4. The van der Waals surface area contributed by atoms with E-state index in [-0.39, 0.29) is 23.2 Å². The number of nitrogens with zero attached hydrogens (tertiary/aromatic N) is 2. The van der Waals surface area contributed by atoms with Crippen LogP contribution < -0.4 is 11.3 Å². The topological polar surface area (TPSA) is 92.1 Å². The Balaban J connectivity index is 2.14. The van der Waals surface area contributed by atoms with Crippen molar-refractivity contribution in [1.29, 1.82) is 0 Å². The summed E-state index contributed by atoms with van der Waals surface area (Å²) in [7, 11) is 0. The van der Waals surface area contributed by atoms with Gasteiger partial charge in [0.1, 0.15) is 5.69 Å². The van der Waals surface area contributed by atoms with E-state index in [0.717, 1.165) is 12.6 Å². The normalized spacial score (nSPS) is 20.6. The molecule has 2 heterocycles. The van der Waals surface area contributed by atoms with Gasteiger partial charge in [0, 0.05) is 25.3 Å². The van der Waals surface area contributed by atoms with Gasteiger partial charge in [-0.3, -0.25) is 9.59 Å². The number of hydrogen-bond acceptors (Lipinski definition) is 4. The number of carbonyl (C=O) groups is 1. The first-order valence-corrected chi connectivity index (χ1v) is 4.76. The summed E-state index contributed by atoms with van der Waals surface area (Å²) in [5.41, 5.74) is 5.63. The second kappa shape index (κ2) is 3.82. The predicted octanol–water partition coefficient (Wildman–Crippen LogP) is -1.06. The third-order valence-corrected chi connectivity index (χ3v) is 2.40. The number of rotatable bonds is 1. The molecule has 0 saturated carbocycles. The minimum absolute atomic E-state index is 0.0525. The second-order valence-electron chi connectivity index (χ2n) is 3.60. The van der Waals surface area contributed by atoms with Gasteiger partial charge in [-0.2, -0.15) is 0 Å². The molecule has 2 rings (SSSR count). The predicted molar refractivity (Wildman–Crippen MR) is 53.4 cm³/mol. The molecule has 1 aliphatic heterocycles. The lowest BCUT2D eigenvalue weighted by Gasteiger charge is -2.14. The number of hydrogen-bond donors (Lipinski definition) is 2. The molecule has 6 nitrogen and oxygen atoms in total. The van der Waals surface area contributed by atoms with Crippen molar-refractivity contribution >= 4 is 5.91 Å². The third kappa shape index (κ3) is 2.04. The fourth-order valence-corrected chi connectivity index (χ4v) is 1.59. The molecule has 1 amide bonds. The van der Waals surface area contributed by atoms with Crippen LogP contribution in [0.3, 0.4) is 0 Å². The van der Waals surface area contributed by atoms with Gasteiger partial charge in [-0.1, -0.05) is 0 Å². The Morgan fingerprint density at radius 3 is 3.00 bits per heavy atom. The summed E-state index contributed by atoms with van der Waals surface area (Å²) in [6.45, 7) is 1.21. The summed E-state index contributed by atoms with van der Waals surface area (Å²) in [5.74, 6) is -0.181. The molecule has 15 heavy (non-hydrogen) atoms. The minimum Gasteiger partial charge on any atom is -0.336 e. The smallest absolute Gasteiger partial charge is 0.274 e. The number of carbonyl (C=O) groups excluding carboxylic acids is 1. The van der Waals surface area contributed by atoms with Gasteiger partial charge in [0.25, 0.3) is 11.5 Å². The Labute approximate surface area is 86.1 Å². The molecule has 1 aromatic heterocycles. The molecule has 3 N–H and O–H groups in total. The molecular weight excluding hydrogens is 196 g/mol. The van der Waals surface area contributed by atoms with Crippen molar-refractivity contribution in [2.24, 2.45) is 5.73 Å². The molecule has 0 aromatic carbocycles. The van der Waals surface area contributed by atoms with Gasteiger partial charge in [0.2, 0.25) is 0 Å². The van der Waals surface area contributed by atoms with E-state index >= 15 is 0 Å². The lowest BCUT2D eigenvalue weighted by molar-refractivity contribution is 0.0784. The number of aromatic nitrogens is 2. The third-order valence-electron chi connectivity index (χ3n) is 2.40. The van der Waals surface area contributed by atoms with E-state index in [4.69, 9.17) is 5.73 Å². The molecule has 1 fully saturated rings. The highest BCUT2D eigenvalue weighted by Gasteiger charge is 2.25. The van der Waals surface area contributed by atoms with Crippen LogP contribution in [0.1, 0.15) is 16.9 Å². The zero-order valence-corrected chi connectivity index (χ0v) is 8.14. The van der Waals surface area contributed by atoms with Crippen LogP contribution in [0.5, 0.6) is 0 Å². The molecule has 6 heteroatoms. The van der Waals surface area contributed by atoms with Crippen molar-refractivity contribution in [3.63, 3.8) is 0 Å². The number of likely N-dealkylation sites (tertiary alicyclic amines) is 1. The van der Waals surface area contributed by atoms with E-state index in [2.05, 4.69) is 9.97 Å². The molecule has 0 spiro atoms. The summed E-state index contributed by atoms with van der Waals surface area (Å²) >= 11 is 0. The molecule has 1 aliphatic rings. The first kappa shape index (κ1) is 9.85. The van der Waals surface area contributed by atoms with E-state index in [9.17, 15) is 9.59 Å². The molecule has 1 saturated heterocycles. The SMILES string of the molecule is N[C@@H]1CCN(C(=O)c2c[nH]c(=O)cn2)C1. The minimum atomic E-state index is -0.315. The maximum absolute atomic E-state index is 11.8. The zero-order valence-electron chi connectivity index (χ0n) is 8.14. The molecule has 0 aliphatic carbocycles. The standard InChI is InChI=1S/C9H12N4O2/c10-6-1-2-13(5-6)9(15)7-3-12-8(14)4-11-7/h3-4,6H,1-2,5,10H2,(H,12,14)/t6-/m1/s1. The molecule has 0 bridgehead atoms. The van der Waals surface area contributed by atoms with Crippen LogP contribution >= 0.6 is 0 Å². The summed E-state index contributed by atoms with van der Waals surface area (Å²) < 4.78 is 0. The van der Waals surface area contributed by atoms with Gasteiger partial charge in [0.05, 0.1) is 6.20 Å². The fraction of sp³-hybridized carbons (Fsp3) is 0.444. The lowest BCUT2D eigenvalue weighted by Crippen LogP contribution is -2.32. The summed E-state index contributed by atoms with van der Waals surface area (Å²) in [5, 5.41) is 0. The number of nitrogens with two attached hydrogens (primary N) is 1. The molecular formula is C9H12N4O2. The van der Waals surface area contributed by atoms with E-state index in [1.54, 1.807) is 4.90 Å². The number of amides is 1. The summed E-state index contributed by atoms with van der Waals surface area (Å²) in [6.07, 6.45) is 3.24. The number of nitrogens with one attached hydrogen (secondary N) is 1. The zero-order chi connectivity index (χ0) is 10.8. The van der Waals surface area contributed by atoms with Crippen LogP contribution in [0.25, 0.3) is 0 Å². The molecule has 0 unspecified atom stereocenters. The summed E-state index contributed by atoms with van der Waals surface area (Å²) in [6, 6.07) is 0.0525. The lowest BCUT2D eigenvalue weighted by atomic mass is 10.3. The van der Waals surface area contributed by atoms with E-state index in [1.165, 1.54) is 6.20 Å². The fourth-order valence-electron chi connectivity index (χ4n) is 1.59. The monoisotopic (exact) mass is 208 g/mol. The molecule has 1 atom stereocenters. The van der Waals surface area contributed by atoms with Gasteiger partial charge in [0.15, 0.2) is 0 Å². The molecule has 1 aromatic rings. The van der Waals surface area contributed by atoms with E-state index in [0.29, 0.717) is 13.1 Å². The van der Waals surface area contributed by atoms with E-state index < -0.39 is 0 Å². The Morgan fingerprint density at radius 2 is 2.47 bits per heavy atom. The van der Waals surface area contributed by atoms with Crippen LogP contribution in [0.4, 0.5) is 0 Å². The van der Waals surface area contributed by atoms with Gasteiger partial charge < -0.3 is 15.6 Å². The van der Waals surface area contributed by atoms with Gasteiger partial charge >= 0.3 is 0 Å². The largest absolute Gasteiger partial charge is 0.336 e. The van der Waals surface area contributed by atoms with Gasteiger partial charge in [-0.25, -0.2) is 4.98 Å². The van der Waals surface area contributed by atoms with Crippen LogP contribution in [0, 0.1) is 0 Å². The number of aromatic amines is 1. The van der Waals surface area contributed by atoms with Crippen LogP contribution in [-0.4, -0.2) is 39.9 Å². The van der Waals surface area contributed by atoms with Gasteiger partial charge in [-0.15, -0.1) is 0 Å². The van der Waals surface area contributed by atoms with Crippen LogP contribution in [-0.2, 0) is 0 Å². The average molecular weight is 208 g/mol. The Bertz CT molecular complexity index is 408. The second-order valence-corrected chi connectivity index (χ2v) is 3.60. The van der Waals surface area contributed by atoms with Crippen molar-refractivity contribution in [1.82, 2.24) is 14.9 Å². The Kier molecular flexibility index (Phi) is 2.51. The highest BCUT2D eigenvalue weighted by molar-refractivity contribution is 5.92. The van der Waals surface area contributed by atoms with Crippen LogP contribution in [0.2, 0.25) is 0 Å². The van der Waals surface area contributed by atoms with E-state index in [1.807, 2.05) is 0 Å². The molecule has 80 valence electrons. The highest BCUT2D eigenvalue weighted by atomic mass is 16.2. The Morgan fingerprint density at radius 1 is 1.67 bits per heavy atom. The Hall–Kier alpha value is -1.69. The van der Waals surface area contributed by atoms with Crippen LogP contribution in [0.15, 0.2) is 17.2 Å². The van der Waals surface area contributed by atoms with Crippen molar-refractivity contribution in [3.8, 4) is 0 Å². The maximum Gasteiger partial charge on any atom is 0.274 e. The van der Waals surface area contributed by atoms with Crippen molar-refractivity contribution in [3.05, 3.63) is 28.4 Å². The van der Waals surface area contributed by atoms with Gasteiger partial charge in [-0.05, 0) is 6.42 Å². The van der Waals surface area contributed by atoms with Crippen molar-refractivity contribution in [2.75, 3.05) is 13.1 Å². The number of H-pyrrole nitrogens is 1. The first-order valence-electron chi connectivity index (χ1n) is 4.76. The maximum atomic E-state index is 11.8. The first-order chi connectivity index (χ1) is 7.16. The highest BCUT2D eigenvalue weighted by Crippen LogP contribution is 2.09. The van der Waals surface area contributed by atoms with Crippen molar-refractivity contribution < 1.29 is 4.79 Å². The molecule has 0 radical (unpaired) electrons. The average Bonchev–Trinajstić information content (AvgIpc) is 2.65. The van der Waals surface area contributed by atoms with Crippen molar-refractivity contribution in [2.45, 2.75) is 12.5 Å².